The van der Waals surface area contributed by atoms with Crippen molar-refractivity contribution >= 4 is 57.4 Å². The van der Waals surface area contributed by atoms with E-state index < -0.39 is 17.8 Å². The molecule has 0 rings (SSSR count). The maximum atomic E-state index is 11.7. The third-order valence-corrected chi connectivity index (χ3v) is 0.455. The van der Waals surface area contributed by atoms with Crippen LogP contribution in [0.3, 0.4) is 0 Å². The van der Waals surface area contributed by atoms with Gasteiger partial charge in [0.25, 0.3) is 0 Å². The molecule has 0 aliphatic rings. The molecule has 0 amide bonds. The van der Waals surface area contributed by atoms with E-state index in [2.05, 4.69) is 0 Å². The predicted molar refractivity (Wildman–Crippen MR) is 30.2 cm³/mol. The quantitative estimate of drug-likeness (QED) is 0.493. The molecule has 0 fully saturated rings. The Hall–Kier alpha value is 0.0905. The van der Waals surface area contributed by atoms with E-state index in [9.17, 15) is 14.0 Å². The van der Waals surface area contributed by atoms with Crippen LogP contribution in [-0.2, 0) is 9.59 Å². The summed E-state index contributed by atoms with van der Waals surface area (Å²) < 4.78 is 11.7. The second-order valence-electron chi connectivity index (χ2n) is 1.14. The minimum Gasteiger partial charge on any atom is -0.478 e. The zero-order valence-corrected chi connectivity index (χ0v) is 8.35. The number of carboxylic acids is 2. The van der Waals surface area contributed by atoms with Crippen molar-refractivity contribution < 1.29 is 24.2 Å². The molecule has 0 aliphatic heterocycles. The first kappa shape index (κ1) is 12.7. The summed E-state index contributed by atoms with van der Waals surface area (Å²) in [4.78, 5) is 19.1. The summed E-state index contributed by atoms with van der Waals surface area (Å²) in [5.41, 5.74) is 0. The number of rotatable bonds is 2. The van der Waals surface area contributed by atoms with Crippen molar-refractivity contribution in [1.82, 2.24) is 0 Å². The normalized spacial score (nSPS) is 9.90. The first-order chi connectivity index (χ1) is 4.04. The summed E-state index contributed by atoms with van der Waals surface area (Å²) in [5.74, 6) is -5.17. The van der Waals surface area contributed by atoms with Crippen LogP contribution in [0.5, 0.6) is 0 Å². The average molecular weight is 222 g/mol. The molecule has 0 aromatic carbocycles. The van der Waals surface area contributed by atoms with E-state index in [1.165, 1.54) is 0 Å². The molecule has 0 saturated heterocycles. The molecule has 10 heavy (non-hydrogen) atoms. The number of aliphatic carboxylic acids is 2. The number of hydrogen-bond donors (Lipinski definition) is 2. The Bertz CT molecular complexity index is 176. The van der Waals surface area contributed by atoms with Gasteiger partial charge >= 0.3 is 11.9 Å². The summed E-state index contributed by atoms with van der Waals surface area (Å²) in [7, 11) is 0. The first-order valence-corrected chi connectivity index (χ1v) is 1.87. The fourth-order valence-corrected chi connectivity index (χ4v) is 0.170. The van der Waals surface area contributed by atoms with Gasteiger partial charge < -0.3 is 10.2 Å². The van der Waals surface area contributed by atoms with E-state index in [1.807, 2.05) is 0 Å². The van der Waals surface area contributed by atoms with E-state index in [1.54, 1.807) is 0 Å². The molecule has 0 aromatic heterocycles. The Morgan fingerprint density at radius 2 is 1.70 bits per heavy atom. The van der Waals surface area contributed by atoms with Crippen LogP contribution in [0, 0.1) is 0 Å². The summed E-state index contributed by atoms with van der Waals surface area (Å²) in [6.45, 7) is 0. The molecule has 4 nitrogen and oxygen atoms in total. The van der Waals surface area contributed by atoms with Gasteiger partial charge in [-0.05, 0) is 0 Å². The fraction of sp³-hybridized carbons (Fsp3) is 0. The second-order valence-corrected chi connectivity index (χ2v) is 1.14. The standard InChI is InChI=1S/C4H3FO4.Sr/c5-2(4(8)9)1-3(6)7;/h1H,(H,6,7)(H,8,9);. The van der Waals surface area contributed by atoms with Crippen molar-refractivity contribution in [3.8, 4) is 0 Å². The summed E-state index contributed by atoms with van der Waals surface area (Å²) in [5, 5.41) is 15.5. The van der Waals surface area contributed by atoms with E-state index in [0.29, 0.717) is 0 Å². The topological polar surface area (TPSA) is 74.6 Å². The van der Waals surface area contributed by atoms with Gasteiger partial charge in [-0.1, -0.05) is 0 Å². The maximum Gasteiger partial charge on any atom is 0.365 e. The summed E-state index contributed by atoms with van der Waals surface area (Å²) in [6, 6.07) is 0. The number of halogens is 1. The van der Waals surface area contributed by atoms with E-state index in [-0.39, 0.29) is 51.6 Å². The molecular weight excluding hydrogens is 219 g/mol. The van der Waals surface area contributed by atoms with Gasteiger partial charge in [0.05, 0.1) is 6.08 Å². The molecule has 2 radical (unpaired) electrons. The Kier molecular flexibility index (Phi) is 7.44. The van der Waals surface area contributed by atoms with Crippen LogP contribution in [0.15, 0.2) is 11.9 Å². The number of carbonyl (C=O) groups is 2. The van der Waals surface area contributed by atoms with Crippen molar-refractivity contribution in [2.75, 3.05) is 0 Å². The second kappa shape index (κ2) is 5.84. The molecule has 2 N–H and O–H groups in total. The van der Waals surface area contributed by atoms with Gasteiger partial charge in [0.1, 0.15) is 0 Å². The van der Waals surface area contributed by atoms with Crippen LogP contribution in [0.4, 0.5) is 4.39 Å². The van der Waals surface area contributed by atoms with E-state index >= 15 is 0 Å². The van der Waals surface area contributed by atoms with Crippen LogP contribution in [0.25, 0.3) is 0 Å². The van der Waals surface area contributed by atoms with Crippen molar-refractivity contribution in [3.63, 3.8) is 0 Å². The van der Waals surface area contributed by atoms with Crippen LogP contribution in [0.2, 0.25) is 0 Å². The van der Waals surface area contributed by atoms with Crippen LogP contribution in [0.1, 0.15) is 0 Å². The van der Waals surface area contributed by atoms with Gasteiger partial charge in [-0.3, -0.25) is 0 Å². The minimum atomic E-state index is -1.88. The number of hydrogen-bond acceptors (Lipinski definition) is 2. The molecule has 0 saturated carbocycles. The molecule has 6 heteroatoms. The zero-order valence-electron chi connectivity index (χ0n) is 4.87. The van der Waals surface area contributed by atoms with Gasteiger partial charge in [-0.25, -0.2) is 9.59 Å². The molecule has 0 spiro atoms. The molecule has 0 bridgehead atoms. The first-order valence-electron chi connectivity index (χ1n) is 1.87. The Morgan fingerprint density at radius 3 is 1.80 bits per heavy atom. The van der Waals surface area contributed by atoms with Crippen molar-refractivity contribution in [2.24, 2.45) is 0 Å². The van der Waals surface area contributed by atoms with Crippen molar-refractivity contribution in [2.45, 2.75) is 0 Å². The monoisotopic (exact) mass is 222 g/mol. The predicted octanol–water partition coefficient (Wildman–Crippen LogP) is -0.372. The smallest absolute Gasteiger partial charge is 0.365 e. The summed E-state index contributed by atoms with van der Waals surface area (Å²) in [6.07, 6.45) is -0.0255. The molecule has 0 aliphatic carbocycles. The van der Waals surface area contributed by atoms with Gasteiger partial charge in [-0.2, -0.15) is 4.39 Å². The largest absolute Gasteiger partial charge is 0.478 e. The Morgan fingerprint density at radius 1 is 1.30 bits per heavy atom. The Balaban J connectivity index is 0. The zero-order chi connectivity index (χ0) is 7.44. The molecular formula is C4H3FO4Sr. The third kappa shape index (κ3) is 6.21. The fourth-order valence-electron chi connectivity index (χ4n) is 0.170. The molecule has 0 aromatic rings. The van der Waals surface area contributed by atoms with Crippen LogP contribution >= 0.6 is 0 Å². The van der Waals surface area contributed by atoms with Gasteiger partial charge in [0, 0.05) is 45.5 Å². The van der Waals surface area contributed by atoms with Gasteiger partial charge in [-0.15, -0.1) is 0 Å². The third-order valence-electron chi connectivity index (χ3n) is 0.455. The van der Waals surface area contributed by atoms with Gasteiger partial charge in [0.15, 0.2) is 0 Å². The average Bonchev–Trinajstić information content (AvgIpc) is 1.63. The molecule has 0 unspecified atom stereocenters. The molecule has 0 atom stereocenters. The van der Waals surface area contributed by atoms with Gasteiger partial charge in [0.2, 0.25) is 5.83 Å². The molecule has 52 valence electrons. The van der Waals surface area contributed by atoms with E-state index in [0.717, 1.165) is 0 Å². The molecule has 0 heterocycles. The summed E-state index contributed by atoms with van der Waals surface area (Å²) >= 11 is 0. The van der Waals surface area contributed by atoms with Crippen molar-refractivity contribution in [3.05, 3.63) is 11.9 Å². The minimum absolute atomic E-state index is 0. The number of carboxylic acid groups (broad SMARTS) is 2. The maximum absolute atomic E-state index is 11.7. The Labute approximate surface area is 92.6 Å². The van der Waals surface area contributed by atoms with Crippen LogP contribution in [-0.4, -0.2) is 67.6 Å². The van der Waals surface area contributed by atoms with Crippen LogP contribution < -0.4 is 0 Å². The van der Waals surface area contributed by atoms with E-state index in [4.69, 9.17) is 10.2 Å². The SMILES string of the molecule is O=C(O)C=C(F)C(=O)O.[Sr]. The van der Waals surface area contributed by atoms with Crippen molar-refractivity contribution in [1.29, 1.82) is 0 Å².